The van der Waals surface area contributed by atoms with E-state index in [2.05, 4.69) is 58.1 Å². The lowest BCUT2D eigenvalue weighted by Crippen LogP contribution is -2.10. The average Bonchev–Trinajstić information content (AvgIpc) is 3.21. The predicted octanol–water partition coefficient (Wildman–Crippen LogP) is 6.03. The Kier molecular flexibility index (Phi) is 7.18. The first-order valence-electron chi connectivity index (χ1n) is 10.4. The molecule has 3 nitrogen and oxygen atoms in total. The van der Waals surface area contributed by atoms with Crippen molar-refractivity contribution in [3.05, 3.63) is 119 Å². The van der Waals surface area contributed by atoms with Crippen LogP contribution in [0.4, 0.5) is 4.39 Å². The molecule has 0 amide bonds. The van der Waals surface area contributed by atoms with E-state index in [0.717, 1.165) is 29.4 Å². The molecule has 0 spiro atoms. The van der Waals surface area contributed by atoms with Gasteiger partial charge in [0.2, 0.25) is 0 Å². The van der Waals surface area contributed by atoms with Gasteiger partial charge in [-0.1, -0.05) is 84.6 Å². The number of aliphatic hydroxyl groups excluding tert-OH is 1. The second-order valence-electron chi connectivity index (χ2n) is 7.42. The molecule has 0 fully saturated rings. The zero-order valence-electron chi connectivity index (χ0n) is 17.2. The third kappa shape index (κ3) is 5.43. The fraction of sp³-hybridized carbons (Fsp3) is 0.192. The number of hydrogen-bond acceptors (Lipinski definition) is 3. The number of thioether (sulfide) groups is 1. The van der Waals surface area contributed by atoms with E-state index in [1.54, 1.807) is 30.1 Å². The van der Waals surface area contributed by atoms with Crippen LogP contribution in [-0.4, -0.2) is 14.7 Å². The summed E-state index contributed by atoms with van der Waals surface area (Å²) in [4.78, 5) is 4.52. The Morgan fingerprint density at radius 2 is 1.58 bits per heavy atom. The Balaban J connectivity index is 1.54. The molecule has 4 aromatic rings. The monoisotopic (exact) mass is 432 g/mol. The number of nitrogens with zero attached hydrogens (tertiary/aromatic N) is 2. The van der Waals surface area contributed by atoms with Gasteiger partial charge in [0.25, 0.3) is 0 Å². The van der Waals surface area contributed by atoms with Crippen LogP contribution in [-0.2, 0) is 18.9 Å². The van der Waals surface area contributed by atoms with Gasteiger partial charge in [0.1, 0.15) is 5.82 Å². The van der Waals surface area contributed by atoms with E-state index in [1.807, 2.05) is 18.2 Å². The molecule has 0 saturated carbocycles. The van der Waals surface area contributed by atoms with Crippen LogP contribution in [0.25, 0.3) is 0 Å². The van der Waals surface area contributed by atoms with Gasteiger partial charge in [-0.25, -0.2) is 9.37 Å². The largest absolute Gasteiger partial charge is 0.390 e. The molecular weight excluding hydrogens is 407 g/mol. The van der Waals surface area contributed by atoms with Crippen molar-refractivity contribution in [2.75, 3.05) is 0 Å². The number of aromatic nitrogens is 2. The second kappa shape index (κ2) is 10.4. The summed E-state index contributed by atoms with van der Waals surface area (Å²) in [5.41, 5.74) is 4.25. The van der Waals surface area contributed by atoms with Crippen molar-refractivity contribution in [1.29, 1.82) is 0 Å². The number of halogens is 1. The third-order valence-corrected chi connectivity index (χ3v) is 6.43. The predicted molar refractivity (Wildman–Crippen MR) is 123 cm³/mol. The highest BCUT2D eigenvalue weighted by atomic mass is 32.2. The molecule has 3 aromatic carbocycles. The zero-order valence-corrected chi connectivity index (χ0v) is 18.0. The first-order valence-corrected chi connectivity index (χ1v) is 11.4. The van der Waals surface area contributed by atoms with E-state index in [-0.39, 0.29) is 18.3 Å². The standard InChI is InChI=1S/C26H25FN2OS/c27-23-13-7-8-20(16-23)19-31-26-28-17-24(18-30)29(26)15-14-25(21-9-3-1-4-10-21)22-11-5-2-6-12-22/h1-13,16-17,25,30H,14-15,18-19H2. The van der Waals surface area contributed by atoms with Crippen LogP contribution in [0.1, 0.15) is 34.7 Å². The van der Waals surface area contributed by atoms with E-state index in [9.17, 15) is 9.50 Å². The van der Waals surface area contributed by atoms with Gasteiger partial charge in [-0.15, -0.1) is 0 Å². The van der Waals surface area contributed by atoms with Crippen molar-refractivity contribution in [1.82, 2.24) is 9.55 Å². The molecule has 0 unspecified atom stereocenters. The van der Waals surface area contributed by atoms with Crippen LogP contribution in [0.15, 0.2) is 96.3 Å². The molecule has 0 bridgehead atoms. The molecule has 31 heavy (non-hydrogen) atoms. The van der Waals surface area contributed by atoms with Crippen LogP contribution in [0.5, 0.6) is 0 Å². The first-order chi connectivity index (χ1) is 15.2. The van der Waals surface area contributed by atoms with Gasteiger partial charge in [0, 0.05) is 18.2 Å². The summed E-state index contributed by atoms with van der Waals surface area (Å²) >= 11 is 1.56. The lowest BCUT2D eigenvalue weighted by Gasteiger charge is -2.20. The van der Waals surface area contributed by atoms with Crippen molar-refractivity contribution in [3.8, 4) is 0 Å². The van der Waals surface area contributed by atoms with Crippen LogP contribution >= 0.6 is 11.8 Å². The quantitative estimate of drug-likeness (QED) is 0.328. The van der Waals surface area contributed by atoms with E-state index >= 15 is 0 Å². The lowest BCUT2D eigenvalue weighted by molar-refractivity contribution is 0.268. The summed E-state index contributed by atoms with van der Waals surface area (Å²) < 4.78 is 15.6. The maximum atomic E-state index is 13.5. The molecule has 0 aliphatic heterocycles. The van der Waals surface area contributed by atoms with E-state index in [1.165, 1.54) is 17.2 Å². The van der Waals surface area contributed by atoms with Gasteiger partial charge < -0.3 is 9.67 Å². The Labute approximate surface area is 186 Å². The number of benzene rings is 3. The van der Waals surface area contributed by atoms with Gasteiger partial charge in [-0.05, 0) is 35.2 Å². The molecule has 4 rings (SSSR count). The van der Waals surface area contributed by atoms with Gasteiger partial charge in [0.05, 0.1) is 18.5 Å². The van der Waals surface area contributed by atoms with Crippen molar-refractivity contribution < 1.29 is 9.50 Å². The second-order valence-corrected chi connectivity index (χ2v) is 8.37. The SMILES string of the molecule is OCc1cnc(SCc2cccc(F)c2)n1CCC(c1ccccc1)c1ccccc1. The highest BCUT2D eigenvalue weighted by molar-refractivity contribution is 7.98. The summed E-state index contributed by atoms with van der Waals surface area (Å²) in [6, 6.07) is 27.7. The summed E-state index contributed by atoms with van der Waals surface area (Å²) in [5, 5.41) is 10.7. The Bertz CT molecular complexity index is 1060. The van der Waals surface area contributed by atoms with Gasteiger partial charge in [-0.2, -0.15) is 0 Å². The summed E-state index contributed by atoms with van der Waals surface area (Å²) in [6.45, 7) is 0.671. The Morgan fingerprint density at radius 3 is 2.19 bits per heavy atom. The fourth-order valence-corrected chi connectivity index (χ4v) is 4.77. The van der Waals surface area contributed by atoms with E-state index in [4.69, 9.17) is 0 Å². The minimum absolute atomic E-state index is 0.0606. The van der Waals surface area contributed by atoms with Crippen molar-refractivity contribution in [2.24, 2.45) is 0 Å². The van der Waals surface area contributed by atoms with Crippen molar-refractivity contribution in [3.63, 3.8) is 0 Å². The Morgan fingerprint density at radius 1 is 0.903 bits per heavy atom. The van der Waals surface area contributed by atoms with Crippen LogP contribution < -0.4 is 0 Å². The molecule has 1 aromatic heterocycles. The van der Waals surface area contributed by atoms with Crippen molar-refractivity contribution >= 4 is 11.8 Å². The molecule has 0 aliphatic carbocycles. The molecule has 5 heteroatoms. The molecule has 1 N–H and O–H groups in total. The molecule has 158 valence electrons. The molecule has 0 atom stereocenters. The normalized spacial score (nSPS) is 11.2. The van der Waals surface area contributed by atoms with Crippen LogP contribution in [0.3, 0.4) is 0 Å². The summed E-state index contributed by atoms with van der Waals surface area (Å²) in [7, 11) is 0. The average molecular weight is 433 g/mol. The number of rotatable bonds is 9. The summed E-state index contributed by atoms with van der Waals surface area (Å²) in [5.74, 6) is 0.643. The molecule has 1 heterocycles. The molecule has 0 saturated heterocycles. The zero-order chi connectivity index (χ0) is 21.5. The molecule has 0 radical (unpaired) electrons. The minimum atomic E-state index is -0.231. The molecule has 0 aliphatic rings. The van der Waals surface area contributed by atoms with Crippen LogP contribution in [0, 0.1) is 5.82 Å². The minimum Gasteiger partial charge on any atom is -0.390 e. The summed E-state index contributed by atoms with van der Waals surface area (Å²) in [6.07, 6.45) is 2.61. The van der Waals surface area contributed by atoms with Gasteiger partial charge in [-0.3, -0.25) is 0 Å². The highest BCUT2D eigenvalue weighted by Gasteiger charge is 2.17. The number of aliphatic hydroxyl groups is 1. The maximum absolute atomic E-state index is 13.5. The third-order valence-electron chi connectivity index (χ3n) is 5.37. The van der Waals surface area contributed by atoms with E-state index < -0.39 is 0 Å². The fourth-order valence-electron chi connectivity index (χ4n) is 3.80. The number of hydrogen-bond donors (Lipinski definition) is 1. The molecular formula is C26H25FN2OS. The van der Waals surface area contributed by atoms with E-state index in [0.29, 0.717) is 5.75 Å². The smallest absolute Gasteiger partial charge is 0.168 e. The highest BCUT2D eigenvalue weighted by Crippen LogP contribution is 2.30. The van der Waals surface area contributed by atoms with Gasteiger partial charge in [0.15, 0.2) is 5.16 Å². The Hall–Kier alpha value is -2.89. The topological polar surface area (TPSA) is 38.1 Å². The van der Waals surface area contributed by atoms with Gasteiger partial charge >= 0.3 is 0 Å². The lowest BCUT2D eigenvalue weighted by atomic mass is 9.88. The first kappa shape index (κ1) is 21.3. The maximum Gasteiger partial charge on any atom is 0.168 e. The number of imidazole rings is 1. The van der Waals surface area contributed by atoms with Crippen molar-refractivity contribution in [2.45, 2.75) is 36.4 Å². The van der Waals surface area contributed by atoms with Crippen LogP contribution in [0.2, 0.25) is 0 Å².